The van der Waals surface area contributed by atoms with E-state index in [0.29, 0.717) is 38.5 Å². The number of nitrogens with one attached hydrogen (secondary N) is 1. The van der Waals surface area contributed by atoms with Crippen LogP contribution in [0.3, 0.4) is 0 Å². The van der Waals surface area contributed by atoms with Crippen LogP contribution in [0.5, 0.6) is 0 Å². The zero-order valence-corrected chi connectivity index (χ0v) is 17.3. The summed E-state index contributed by atoms with van der Waals surface area (Å²) < 4.78 is 26.9. The van der Waals surface area contributed by atoms with Crippen LogP contribution in [0, 0.1) is 17.6 Å². The molecule has 2 amide bonds. The molecule has 0 bridgehead atoms. The van der Waals surface area contributed by atoms with Gasteiger partial charge < -0.3 is 15.1 Å². The molecule has 0 unspecified atom stereocenters. The third-order valence-electron chi connectivity index (χ3n) is 5.34. The van der Waals surface area contributed by atoms with E-state index in [1.807, 2.05) is 19.5 Å². The van der Waals surface area contributed by atoms with Gasteiger partial charge in [-0.1, -0.05) is 0 Å². The van der Waals surface area contributed by atoms with E-state index >= 15 is 0 Å². The Kier molecular flexibility index (Phi) is 6.97. The summed E-state index contributed by atoms with van der Waals surface area (Å²) in [5, 5.41) is 7.13. The van der Waals surface area contributed by atoms with E-state index in [9.17, 15) is 18.4 Å². The minimum atomic E-state index is -0.863. The van der Waals surface area contributed by atoms with Crippen LogP contribution in [-0.4, -0.2) is 55.3 Å². The Morgan fingerprint density at radius 1 is 1.24 bits per heavy atom. The summed E-state index contributed by atoms with van der Waals surface area (Å²) in [6.45, 7) is 1.26. The Bertz CT molecular complexity index is 850. The number of carbonyl (C=O) groups excluding carboxylic acids is 2. The molecule has 1 atom stereocenters. The molecule has 1 aromatic carbocycles. The topological polar surface area (TPSA) is 52.7 Å². The molecule has 1 N–H and O–H groups in total. The lowest BCUT2D eigenvalue weighted by atomic mass is 9.95. The number of likely N-dealkylation sites (tertiary alicyclic amines) is 1. The highest BCUT2D eigenvalue weighted by Crippen LogP contribution is 2.23. The van der Waals surface area contributed by atoms with Crippen LogP contribution in [0.4, 0.5) is 8.78 Å². The smallest absolute Gasteiger partial charge is 0.256 e. The third kappa shape index (κ3) is 5.19. The Morgan fingerprint density at radius 2 is 1.97 bits per heavy atom. The molecule has 0 saturated carbocycles. The second kappa shape index (κ2) is 9.45. The van der Waals surface area contributed by atoms with Gasteiger partial charge in [-0.15, -0.1) is 0 Å². The first-order chi connectivity index (χ1) is 13.9. The summed E-state index contributed by atoms with van der Waals surface area (Å²) in [6, 6.07) is 5.11. The van der Waals surface area contributed by atoms with Crippen molar-refractivity contribution in [1.82, 2.24) is 15.1 Å². The normalized spacial score (nSPS) is 16.1. The maximum Gasteiger partial charge on any atom is 0.256 e. The second-order valence-corrected chi connectivity index (χ2v) is 8.25. The van der Waals surface area contributed by atoms with E-state index in [1.165, 1.54) is 10.5 Å². The number of benzene rings is 1. The van der Waals surface area contributed by atoms with Crippen molar-refractivity contribution in [2.24, 2.45) is 5.92 Å². The van der Waals surface area contributed by atoms with Crippen molar-refractivity contribution in [2.75, 3.05) is 33.7 Å². The number of halogens is 2. The predicted molar refractivity (Wildman–Crippen MR) is 109 cm³/mol. The number of rotatable bonds is 6. The number of hydrogen-bond acceptors (Lipinski definition) is 4. The molecule has 0 spiro atoms. The van der Waals surface area contributed by atoms with E-state index < -0.39 is 17.5 Å². The van der Waals surface area contributed by atoms with Crippen molar-refractivity contribution in [3.63, 3.8) is 0 Å². The van der Waals surface area contributed by atoms with Gasteiger partial charge in [0.15, 0.2) is 0 Å². The summed E-state index contributed by atoms with van der Waals surface area (Å²) in [7, 11) is 3.96. The van der Waals surface area contributed by atoms with Gasteiger partial charge in [-0.05, 0) is 61.5 Å². The van der Waals surface area contributed by atoms with Crippen LogP contribution in [-0.2, 0) is 4.79 Å². The summed E-state index contributed by atoms with van der Waals surface area (Å²) in [5.41, 5.74) is 1.03. The zero-order valence-electron chi connectivity index (χ0n) is 16.5. The largest absolute Gasteiger partial charge is 0.354 e. The molecule has 1 saturated heterocycles. The summed E-state index contributed by atoms with van der Waals surface area (Å²) in [4.78, 5) is 28.7. The molecule has 2 heterocycles. The molecule has 1 aliphatic heterocycles. The van der Waals surface area contributed by atoms with Crippen molar-refractivity contribution in [2.45, 2.75) is 18.9 Å². The number of hydrogen-bond donors (Lipinski definition) is 1. The Morgan fingerprint density at radius 3 is 2.55 bits per heavy atom. The molecule has 156 valence electrons. The average molecular weight is 422 g/mol. The van der Waals surface area contributed by atoms with Crippen LogP contribution < -0.4 is 5.32 Å². The minimum absolute atomic E-state index is 0.0212. The van der Waals surface area contributed by atoms with Crippen LogP contribution in [0.15, 0.2) is 35.0 Å². The third-order valence-corrected chi connectivity index (χ3v) is 6.04. The van der Waals surface area contributed by atoms with Gasteiger partial charge in [0.05, 0.1) is 11.6 Å². The van der Waals surface area contributed by atoms with Gasteiger partial charge in [0.25, 0.3) is 5.91 Å². The number of likely N-dealkylation sites (N-methyl/N-ethyl adjacent to an activating group) is 1. The first kappa shape index (κ1) is 21.4. The highest BCUT2D eigenvalue weighted by molar-refractivity contribution is 7.07. The molecule has 1 aromatic heterocycles. The summed E-state index contributed by atoms with van der Waals surface area (Å²) in [6.07, 6.45) is 1.04. The zero-order chi connectivity index (χ0) is 21.0. The molecular weight excluding hydrogens is 396 g/mol. The van der Waals surface area contributed by atoms with Crippen molar-refractivity contribution < 1.29 is 18.4 Å². The Hall–Kier alpha value is -2.32. The van der Waals surface area contributed by atoms with E-state index in [0.717, 1.165) is 12.1 Å². The predicted octanol–water partition coefficient (Wildman–Crippen LogP) is 3.30. The molecule has 1 fully saturated rings. The quantitative estimate of drug-likeness (QED) is 0.779. The monoisotopic (exact) mass is 421 g/mol. The molecule has 3 rings (SSSR count). The number of carbonyl (C=O) groups is 2. The number of amides is 2. The highest BCUT2D eigenvalue weighted by atomic mass is 32.1. The van der Waals surface area contributed by atoms with E-state index in [2.05, 4.69) is 21.7 Å². The second-order valence-electron chi connectivity index (χ2n) is 7.47. The summed E-state index contributed by atoms with van der Waals surface area (Å²) in [5.74, 6) is -2.24. The van der Waals surface area contributed by atoms with Crippen molar-refractivity contribution >= 4 is 23.2 Å². The average Bonchev–Trinajstić information content (AvgIpc) is 3.22. The van der Waals surface area contributed by atoms with Gasteiger partial charge >= 0.3 is 0 Å². The molecule has 2 aromatic rings. The van der Waals surface area contributed by atoms with E-state index in [-0.39, 0.29) is 23.4 Å². The van der Waals surface area contributed by atoms with Crippen molar-refractivity contribution in [1.29, 1.82) is 0 Å². The molecule has 8 heteroatoms. The fraction of sp³-hybridized carbons (Fsp3) is 0.429. The maximum atomic E-state index is 13.9. The van der Waals surface area contributed by atoms with Crippen LogP contribution in [0.25, 0.3) is 0 Å². The van der Waals surface area contributed by atoms with Gasteiger partial charge in [-0.2, -0.15) is 11.3 Å². The van der Waals surface area contributed by atoms with Crippen LogP contribution in [0.2, 0.25) is 0 Å². The number of thiophene rings is 1. The van der Waals surface area contributed by atoms with Crippen LogP contribution in [0.1, 0.15) is 34.8 Å². The minimum Gasteiger partial charge on any atom is -0.354 e. The standard InChI is InChI=1S/C21H25F2N3O2S/c1-25(2)19(15-7-10-29-13-15)12-24-20(27)14-5-8-26(9-6-14)21(28)17-4-3-16(22)11-18(17)23/h3-4,7,10-11,13-14,19H,5-6,8-9,12H2,1-2H3,(H,24,27)/t19-/m0/s1. The lowest BCUT2D eigenvalue weighted by Crippen LogP contribution is -2.44. The molecule has 5 nitrogen and oxygen atoms in total. The van der Waals surface area contributed by atoms with Crippen LogP contribution >= 0.6 is 11.3 Å². The van der Waals surface area contributed by atoms with Gasteiger partial charge in [0.1, 0.15) is 11.6 Å². The number of piperidine rings is 1. The first-order valence-electron chi connectivity index (χ1n) is 9.57. The van der Waals surface area contributed by atoms with Gasteiger partial charge in [-0.25, -0.2) is 8.78 Å². The fourth-order valence-electron chi connectivity index (χ4n) is 3.58. The fourth-order valence-corrected chi connectivity index (χ4v) is 4.29. The number of nitrogens with zero attached hydrogens (tertiary/aromatic N) is 2. The maximum absolute atomic E-state index is 13.9. The van der Waals surface area contributed by atoms with Crippen molar-refractivity contribution in [3.8, 4) is 0 Å². The lowest BCUT2D eigenvalue weighted by Gasteiger charge is -2.32. The molecule has 1 aliphatic rings. The van der Waals surface area contributed by atoms with Gasteiger partial charge in [-0.3, -0.25) is 9.59 Å². The molecule has 0 radical (unpaired) electrons. The van der Waals surface area contributed by atoms with Gasteiger partial charge in [0.2, 0.25) is 5.91 Å². The summed E-state index contributed by atoms with van der Waals surface area (Å²) >= 11 is 1.63. The Labute approximate surface area is 173 Å². The van der Waals surface area contributed by atoms with Crippen molar-refractivity contribution in [3.05, 3.63) is 57.8 Å². The molecule has 29 heavy (non-hydrogen) atoms. The highest BCUT2D eigenvalue weighted by Gasteiger charge is 2.29. The lowest BCUT2D eigenvalue weighted by molar-refractivity contribution is -0.126. The van der Waals surface area contributed by atoms with Gasteiger partial charge in [0, 0.05) is 31.6 Å². The van der Waals surface area contributed by atoms with E-state index in [4.69, 9.17) is 0 Å². The molecule has 0 aliphatic carbocycles. The SMILES string of the molecule is CN(C)[C@@H](CNC(=O)C1CCN(C(=O)c2ccc(F)cc2F)CC1)c1ccsc1. The molecular formula is C21H25F2N3O2S. The van der Waals surface area contributed by atoms with E-state index in [1.54, 1.807) is 11.3 Å². The first-order valence-corrected chi connectivity index (χ1v) is 10.5. The Balaban J connectivity index is 1.52.